The number of amides is 2. The van der Waals surface area contributed by atoms with Gasteiger partial charge in [-0.15, -0.1) is 0 Å². The fourth-order valence-electron chi connectivity index (χ4n) is 2.18. The monoisotopic (exact) mass is 355 g/mol. The van der Waals surface area contributed by atoms with Gasteiger partial charge in [-0.2, -0.15) is 0 Å². The van der Waals surface area contributed by atoms with Crippen molar-refractivity contribution >= 4 is 29.4 Å². The number of rotatable bonds is 8. The fraction of sp³-hybridized carbons (Fsp3) is 0.500. The molecule has 8 heteroatoms. The molecule has 2 amide bonds. The third-order valence-corrected chi connectivity index (χ3v) is 3.47. The number of pyridine rings is 1. The molecule has 0 saturated heterocycles. The molecular weight excluding hydrogens is 334 g/mol. The van der Waals surface area contributed by atoms with Crippen molar-refractivity contribution in [3.63, 3.8) is 0 Å². The highest BCUT2D eigenvalue weighted by Crippen LogP contribution is 2.09. The van der Waals surface area contributed by atoms with E-state index < -0.39 is 24.0 Å². The van der Waals surface area contributed by atoms with Crippen molar-refractivity contribution in [1.29, 1.82) is 0 Å². The van der Waals surface area contributed by atoms with Crippen LogP contribution < -0.4 is 10.6 Å². The molecule has 0 spiro atoms. The van der Waals surface area contributed by atoms with Gasteiger partial charge in [0.15, 0.2) is 0 Å². The number of carboxylic acids is 1. The second-order valence-corrected chi connectivity index (χ2v) is 6.36. The molecule has 0 aliphatic heterocycles. The van der Waals surface area contributed by atoms with Crippen LogP contribution in [-0.4, -0.2) is 40.0 Å². The molecule has 7 nitrogen and oxygen atoms in total. The zero-order chi connectivity index (χ0) is 18.3. The molecule has 0 unspecified atom stereocenters. The zero-order valence-electron chi connectivity index (χ0n) is 13.9. The summed E-state index contributed by atoms with van der Waals surface area (Å²) < 4.78 is 0. The fourth-order valence-corrected chi connectivity index (χ4v) is 2.30. The lowest BCUT2D eigenvalue weighted by atomic mass is 10.0. The van der Waals surface area contributed by atoms with E-state index in [-0.39, 0.29) is 18.2 Å². The van der Waals surface area contributed by atoms with Gasteiger partial charge in [0.05, 0.1) is 0 Å². The molecular formula is C16H22ClN3O4. The zero-order valence-corrected chi connectivity index (χ0v) is 14.6. The highest BCUT2D eigenvalue weighted by atomic mass is 35.5. The van der Waals surface area contributed by atoms with Gasteiger partial charge in [-0.05, 0) is 24.0 Å². The van der Waals surface area contributed by atoms with Crippen LogP contribution in [0.2, 0.25) is 5.15 Å². The third-order valence-electron chi connectivity index (χ3n) is 3.24. The third kappa shape index (κ3) is 6.95. The summed E-state index contributed by atoms with van der Waals surface area (Å²) in [5, 5.41) is 14.7. The molecule has 3 N–H and O–H groups in total. The van der Waals surface area contributed by atoms with Gasteiger partial charge in [-0.25, -0.2) is 9.78 Å². The molecule has 1 heterocycles. The predicted molar refractivity (Wildman–Crippen MR) is 89.6 cm³/mol. The van der Waals surface area contributed by atoms with E-state index in [1.165, 1.54) is 13.1 Å². The lowest BCUT2D eigenvalue weighted by molar-refractivity contribution is -0.142. The molecule has 2 atom stereocenters. The highest BCUT2D eigenvalue weighted by Gasteiger charge is 2.26. The number of aliphatic carboxylic acids is 1. The summed E-state index contributed by atoms with van der Waals surface area (Å²) in [6, 6.07) is 1.31. The van der Waals surface area contributed by atoms with Gasteiger partial charge in [0.2, 0.25) is 11.8 Å². The van der Waals surface area contributed by atoms with Crippen LogP contribution in [0.25, 0.3) is 0 Å². The molecule has 0 saturated carbocycles. The number of halogens is 1. The van der Waals surface area contributed by atoms with Crippen molar-refractivity contribution in [3.05, 3.63) is 29.0 Å². The molecule has 1 aromatic heterocycles. The Bertz CT molecular complexity index is 589. The van der Waals surface area contributed by atoms with E-state index in [4.69, 9.17) is 11.6 Å². The molecule has 0 aliphatic rings. The van der Waals surface area contributed by atoms with E-state index >= 15 is 0 Å². The molecule has 132 valence electrons. The minimum atomic E-state index is -1.16. The second kappa shape index (κ2) is 9.22. The first-order valence-electron chi connectivity index (χ1n) is 7.59. The molecule has 1 rings (SSSR count). The van der Waals surface area contributed by atoms with E-state index in [1.54, 1.807) is 12.1 Å². The van der Waals surface area contributed by atoms with Crippen LogP contribution >= 0.6 is 11.6 Å². The Morgan fingerprint density at radius 1 is 1.21 bits per heavy atom. The minimum absolute atomic E-state index is 0.0692. The normalized spacial score (nSPS) is 13.2. The average Bonchev–Trinajstić information content (AvgIpc) is 2.46. The van der Waals surface area contributed by atoms with E-state index in [2.05, 4.69) is 15.6 Å². The van der Waals surface area contributed by atoms with Gasteiger partial charge in [-0.3, -0.25) is 9.59 Å². The van der Waals surface area contributed by atoms with Gasteiger partial charge in [0, 0.05) is 19.5 Å². The molecule has 24 heavy (non-hydrogen) atoms. The van der Waals surface area contributed by atoms with Gasteiger partial charge in [-0.1, -0.05) is 31.5 Å². The Morgan fingerprint density at radius 2 is 1.88 bits per heavy atom. The number of carbonyl (C=O) groups is 3. The summed E-state index contributed by atoms with van der Waals surface area (Å²) in [5.41, 5.74) is 0.632. The van der Waals surface area contributed by atoms with Crippen molar-refractivity contribution in [3.8, 4) is 0 Å². The smallest absolute Gasteiger partial charge is 0.326 e. The Hall–Kier alpha value is -2.15. The summed E-state index contributed by atoms with van der Waals surface area (Å²) >= 11 is 5.70. The average molecular weight is 356 g/mol. The quantitative estimate of drug-likeness (QED) is 0.611. The van der Waals surface area contributed by atoms with Crippen molar-refractivity contribution in [1.82, 2.24) is 15.6 Å². The maximum Gasteiger partial charge on any atom is 0.326 e. The number of hydrogen-bond donors (Lipinski definition) is 3. The lowest BCUT2D eigenvalue weighted by Crippen LogP contribution is -2.52. The number of carboxylic acid groups (broad SMARTS) is 1. The van der Waals surface area contributed by atoms with Crippen LogP contribution in [0.1, 0.15) is 32.8 Å². The standard InChI is InChI=1S/C16H22ClN3O4/c1-9(2)6-12(19-10(3)21)15(22)20-13(16(23)24)7-11-4-5-14(17)18-8-11/h4-5,8-9,12-13H,6-7H2,1-3H3,(H,19,21)(H,20,22)(H,23,24)/t12-,13+/m0/s1. The topological polar surface area (TPSA) is 108 Å². The molecule has 0 bridgehead atoms. The predicted octanol–water partition coefficient (Wildman–Crippen LogP) is 1.40. The Morgan fingerprint density at radius 3 is 2.33 bits per heavy atom. The van der Waals surface area contributed by atoms with Crippen LogP contribution in [0.4, 0.5) is 0 Å². The largest absolute Gasteiger partial charge is 0.480 e. The van der Waals surface area contributed by atoms with E-state index in [9.17, 15) is 19.5 Å². The number of hydrogen-bond acceptors (Lipinski definition) is 4. The summed E-state index contributed by atoms with van der Waals surface area (Å²) in [6.07, 6.45) is 1.95. The van der Waals surface area contributed by atoms with E-state index in [1.807, 2.05) is 13.8 Å². The minimum Gasteiger partial charge on any atom is -0.480 e. The number of nitrogens with one attached hydrogen (secondary N) is 2. The van der Waals surface area contributed by atoms with Crippen LogP contribution in [0, 0.1) is 5.92 Å². The van der Waals surface area contributed by atoms with Crippen molar-refractivity contribution in [2.45, 2.75) is 45.7 Å². The number of nitrogens with zero attached hydrogens (tertiary/aromatic N) is 1. The second-order valence-electron chi connectivity index (χ2n) is 5.98. The van der Waals surface area contributed by atoms with Crippen LogP contribution in [-0.2, 0) is 20.8 Å². The van der Waals surface area contributed by atoms with Crippen molar-refractivity contribution in [2.75, 3.05) is 0 Å². The van der Waals surface area contributed by atoms with E-state index in [0.717, 1.165) is 0 Å². The first-order valence-corrected chi connectivity index (χ1v) is 7.97. The Balaban J connectivity index is 2.80. The van der Waals surface area contributed by atoms with Gasteiger partial charge in [0.25, 0.3) is 0 Å². The first-order chi connectivity index (χ1) is 11.2. The number of carbonyl (C=O) groups excluding carboxylic acids is 2. The summed E-state index contributed by atoms with van der Waals surface area (Å²) in [5.74, 6) is -1.86. The van der Waals surface area contributed by atoms with Crippen LogP contribution in [0.15, 0.2) is 18.3 Å². The maximum atomic E-state index is 12.3. The van der Waals surface area contributed by atoms with Crippen molar-refractivity contribution in [2.24, 2.45) is 5.92 Å². The van der Waals surface area contributed by atoms with Crippen molar-refractivity contribution < 1.29 is 19.5 Å². The van der Waals surface area contributed by atoms with Gasteiger partial charge in [0.1, 0.15) is 17.2 Å². The highest BCUT2D eigenvalue weighted by molar-refractivity contribution is 6.29. The number of aromatic nitrogens is 1. The molecule has 0 fully saturated rings. The maximum absolute atomic E-state index is 12.3. The summed E-state index contributed by atoms with van der Waals surface area (Å²) in [7, 11) is 0. The molecule has 0 radical (unpaired) electrons. The molecule has 0 aliphatic carbocycles. The lowest BCUT2D eigenvalue weighted by Gasteiger charge is -2.22. The first kappa shape index (κ1) is 19.9. The summed E-state index contributed by atoms with van der Waals surface area (Å²) in [4.78, 5) is 38.9. The van der Waals surface area contributed by atoms with E-state index in [0.29, 0.717) is 17.1 Å². The van der Waals surface area contributed by atoms with Gasteiger partial charge >= 0.3 is 5.97 Å². The summed E-state index contributed by atoms with van der Waals surface area (Å²) in [6.45, 7) is 5.14. The molecule has 0 aromatic carbocycles. The molecule has 1 aromatic rings. The van der Waals surface area contributed by atoms with Crippen LogP contribution in [0.3, 0.4) is 0 Å². The Kier molecular flexibility index (Phi) is 7.64. The Labute approximate surface area is 145 Å². The van der Waals surface area contributed by atoms with Crippen LogP contribution in [0.5, 0.6) is 0 Å². The SMILES string of the molecule is CC(=O)N[C@@H](CC(C)C)C(=O)N[C@H](Cc1ccc(Cl)nc1)C(=O)O. The van der Waals surface area contributed by atoms with Gasteiger partial charge < -0.3 is 15.7 Å².